The van der Waals surface area contributed by atoms with Gasteiger partial charge in [-0.2, -0.15) is 0 Å². The molecular weight excluding hydrogens is 268 g/mol. The number of carbonyl (C=O) groups excluding carboxylic acids is 1. The van der Waals surface area contributed by atoms with Crippen molar-refractivity contribution < 1.29 is 14.7 Å². The van der Waals surface area contributed by atoms with E-state index in [0.29, 0.717) is 37.3 Å². The molecule has 5 heteroatoms. The molecule has 0 aromatic rings. The first-order valence-corrected chi connectivity index (χ1v) is 8.13. The Hall–Kier alpha value is -1.10. The van der Waals surface area contributed by atoms with Gasteiger partial charge >= 0.3 is 5.97 Å². The summed E-state index contributed by atoms with van der Waals surface area (Å²) >= 11 is 0. The van der Waals surface area contributed by atoms with Crippen molar-refractivity contribution in [1.82, 2.24) is 10.2 Å². The monoisotopic (exact) mass is 296 g/mol. The second-order valence-electron chi connectivity index (χ2n) is 7.12. The Morgan fingerprint density at radius 2 is 1.95 bits per heavy atom. The van der Waals surface area contributed by atoms with E-state index in [4.69, 9.17) is 0 Å². The van der Waals surface area contributed by atoms with Crippen LogP contribution in [-0.2, 0) is 9.59 Å². The van der Waals surface area contributed by atoms with Crippen LogP contribution in [0.25, 0.3) is 0 Å². The normalized spacial score (nSPS) is 33.5. The smallest absolute Gasteiger partial charge is 0.307 e. The second kappa shape index (κ2) is 6.77. The first-order valence-electron chi connectivity index (χ1n) is 8.13. The van der Waals surface area contributed by atoms with Gasteiger partial charge in [0.25, 0.3) is 0 Å². The summed E-state index contributed by atoms with van der Waals surface area (Å²) in [5.74, 6) is -0.917. The summed E-state index contributed by atoms with van der Waals surface area (Å²) in [7, 11) is 0. The Kier molecular flexibility index (Phi) is 5.25. The van der Waals surface area contributed by atoms with E-state index in [0.717, 1.165) is 19.5 Å². The molecule has 2 unspecified atom stereocenters. The van der Waals surface area contributed by atoms with Crippen LogP contribution in [0.5, 0.6) is 0 Å². The summed E-state index contributed by atoms with van der Waals surface area (Å²) in [4.78, 5) is 26.0. The van der Waals surface area contributed by atoms with E-state index in [1.165, 1.54) is 0 Å². The number of amides is 1. The van der Waals surface area contributed by atoms with Gasteiger partial charge in [0.2, 0.25) is 5.91 Å². The van der Waals surface area contributed by atoms with Gasteiger partial charge in [0.15, 0.2) is 0 Å². The third-order valence-electron chi connectivity index (χ3n) is 5.06. The zero-order chi connectivity index (χ0) is 15.6. The van der Waals surface area contributed by atoms with Crippen molar-refractivity contribution in [3.05, 3.63) is 0 Å². The molecule has 1 aliphatic heterocycles. The van der Waals surface area contributed by atoms with Gasteiger partial charge in [-0.3, -0.25) is 9.59 Å². The molecular formula is C16H28N2O3. The quantitative estimate of drug-likeness (QED) is 0.808. The highest BCUT2D eigenvalue weighted by Gasteiger charge is 2.41. The third kappa shape index (κ3) is 3.96. The lowest BCUT2D eigenvalue weighted by atomic mass is 9.95. The molecule has 2 rings (SSSR count). The Morgan fingerprint density at radius 1 is 1.29 bits per heavy atom. The molecule has 1 saturated heterocycles. The number of carbonyl (C=O) groups is 2. The van der Waals surface area contributed by atoms with Crippen LogP contribution in [0, 0.1) is 23.7 Å². The lowest BCUT2D eigenvalue weighted by Gasteiger charge is -2.21. The van der Waals surface area contributed by atoms with Crippen LogP contribution < -0.4 is 5.32 Å². The maximum atomic E-state index is 12.3. The van der Waals surface area contributed by atoms with E-state index in [9.17, 15) is 14.7 Å². The van der Waals surface area contributed by atoms with Crippen LogP contribution >= 0.6 is 0 Å². The van der Waals surface area contributed by atoms with E-state index in [-0.39, 0.29) is 11.8 Å². The van der Waals surface area contributed by atoms with Crippen molar-refractivity contribution >= 4 is 11.9 Å². The molecule has 1 aliphatic carbocycles. The molecule has 1 amide bonds. The summed E-state index contributed by atoms with van der Waals surface area (Å²) in [5, 5.41) is 12.2. The molecule has 0 aromatic heterocycles. The van der Waals surface area contributed by atoms with Gasteiger partial charge in [0.1, 0.15) is 0 Å². The number of rotatable bonds is 5. The molecule has 120 valence electrons. The molecule has 2 fully saturated rings. The summed E-state index contributed by atoms with van der Waals surface area (Å²) in [5.41, 5.74) is 0. The Labute approximate surface area is 127 Å². The standard InChI is InChI=1S/C16H28N2O3/c1-10(2)18-5-4-12(9-18)8-17-15(19)13-6-11(3)7-14(13)16(20)21/h10-14H,4-9H2,1-3H3,(H,17,19)(H,20,21)/t11?,12?,13-,14+/m0/s1. The number of aliphatic carboxylic acids is 1. The van der Waals surface area contributed by atoms with E-state index >= 15 is 0 Å². The van der Waals surface area contributed by atoms with Crippen molar-refractivity contribution in [3.63, 3.8) is 0 Å². The molecule has 1 heterocycles. The fraction of sp³-hybridized carbons (Fsp3) is 0.875. The van der Waals surface area contributed by atoms with Crippen molar-refractivity contribution in [1.29, 1.82) is 0 Å². The number of nitrogens with one attached hydrogen (secondary N) is 1. The van der Waals surface area contributed by atoms with Crippen molar-refractivity contribution in [2.75, 3.05) is 19.6 Å². The van der Waals surface area contributed by atoms with Crippen molar-refractivity contribution in [3.8, 4) is 0 Å². The van der Waals surface area contributed by atoms with Crippen LogP contribution in [0.4, 0.5) is 0 Å². The predicted molar refractivity (Wildman–Crippen MR) is 80.8 cm³/mol. The third-order valence-corrected chi connectivity index (χ3v) is 5.06. The number of nitrogens with zero attached hydrogens (tertiary/aromatic N) is 1. The summed E-state index contributed by atoms with van der Waals surface area (Å²) in [6.45, 7) is 9.22. The molecule has 4 atom stereocenters. The number of carboxylic acids is 1. The summed E-state index contributed by atoms with van der Waals surface area (Å²) < 4.78 is 0. The van der Waals surface area contributed by atoms with E-state index < -0.39 is 11.9 Å². The van der Waals surface area contributed by atoms with E-state index in [2.05, 4.69) is 24.1 Å². The molecule has 2 aliphatic rings. The summed E-state index contributed by atoms with van der Waals surface area (Å²) in [6.07, 6.45) is 2.44. The Bertz CT molecular complexity index is 397. The van der Waals surface area contributed by atoms with Crippen LogP contribution in [-0.4, -0.2) is 47.6 Å². The van der Waals surface area contributed by atoms with Gasteiger partial charge in [0, 0.05) is 19.1 Å². The highest BCUT2D eigenvalue weighted by atomic mass is 16.4. The van der Waals surface area contributed by atoms with Gasteiger partial charge in [-0.1, -0.05) is 6.92 Å². The van der Waals surface area contributed by atoms with Gasteiger partial charge in [-0.15, -0.1) is 0 Å². The van der Waals surface area contributed by atoms with Crippen LogP contribution in [0.3, 0.4) is 0 Å². The van der Waals surface area contributed by atoms with Crippen LogP contribution in [0.2, 0.25) is 0 Å². The number of carboxylic acid groups (broad SMARTS) is 1. The molecule has 0 radical (unpaired) electrons. The number of hydrogen-bond acceptors (Lipinski definition) is 3. The first-order chi connectivity index (χ1) is 9.88. The minimum Gasteiger partial charge on any atom is -0.481 e. The lowest BCUT2D eigenvalue weighted by Crippen LogP contribution is -2.38. The minimum absolute atomic E-state index is 0.0604. The van der Waals surface area contributed by atoms with E-state index in [1.807, 2.05) is 6.92 Å². The van der Waals surface area contributed by atoms with Gasteiger partial charge < -0.3 is 15.3 Å². The average Bonchev–Trinajstić information content (AvgIpc) is 3.02. The Balaban J connectivity index is 1.81. The highest BCUT2D eigenvalue weighted by Crippen LogP contribution is 2.36. The molecule has 5 nitrogen and oxygen atoms in total. The average molecular weight is 296 g/mol. The van der Waals surface area contributed by atoms with Crippen molar-refractivity contribution in [2.45, 2.75) is 46.1 Å². The zero-order valence-electron chi connectivity index (χ0n) is 13.3. The fourth-order valence-corrected chi connectivity index (χ4v) is 3.73. The second-order valence-corrected chi connectivity index (χ2v) is 7.12. The maximum Gasteiger partial charge on any atom is 0.307 e. The fourth-order valence-electron chi connectivity index (χ4n) is 3.73. The number of likely N-dealkylation sites (tertiary alicyclic amines) is 1. The van der Waals surface area contributed by atoms with Crippen LogP contribution in [0.1, 0.15) is 40.0 Å². The minimum atomic E-state index is -0.827. The Morgan fingerprint density at radius 3 is 2.52 bits per heavy atom. The summed E-state index contributed by atoms with van der Waals surface area (Å²) in [6, 6.07) is 0.553. The van der Waals surface area contributed by atoms with Crippen molar-refractivity contribution in [2.24, 2.45) is 23.7 Å². The SMILES string of the molecule is CC1C[C@H](C(=O)NCC2CCN(C(C)C)C2)[C@H](C(=O)O)C1. The lowest BCUT2D eigenvalue weighted by molar-refractivity contribution is -0.146. The predicted octanol–water partition coefficient (Wildman–Crippen LogP) is 1.58. The van der Waals surface area contributed by atoms with Gasteiger partial charge in [-0.25, -0.2) is 0 Å². The van der Waals surface area contributed by atoms with Gasteiger partial charge in [0.05, 0.1) is 11.8 Å². The largest absolute Gasteiger partial charge is 0.481 e. The molecule has 0 bridgehead atoms. The topological polar surface area (TPSA) is 69.6 Å². The molecule has 21 heavy (non-hydrogen) atoms. The van der Waals surface area contributed by atoms with Crippen LogP contribution in [0.15, 0.2) is 0 Å². The maximum absolute atomic E-state index is 12.3. The molecule has 0 spiro atoms. The molecule has 2 N–H and O–H groups in total. The zero-order valence-corrected chi connectivity index (χ0v) is 13.3. The van der Waals surface area contributed by atoms with E-state index in [1.54, 1.807) is 0 Å². The first kappa shape index (κ1) is 16.3. The number of hydrogen-bond donors (Lipinski definition) is 2. The molecule has 1 saturated carbocycles. The highest BCUT2D eigenvalue weighted by molar-refractivity contribution is 5.85. The van der Waals surface area contributed by atoms with Gasteiger partial charge in [-0.05, 0) is 51.5 Å². The molecule has 0 aromatic carbocycles.